The molecule has 1 aliphatic carbocycles. The van der Waals surface area contributed by atoms with Crippen LogP contribution in [-0.2, 0) is 24.5 Å². The molecule has 0 aromatic heterocycles. The molecule has 0 spiro atoms. The molecule has 2 unspecified atom stereocenters. The van der Waals surface area contributed by atoms with Crippen LogP contribution in [0.2, 0.25) is 0 Å². The number of rotatable bonds is 7. The zero-order chi connectivity index (χ0) is 17.2. The molecular weight excluding hydrogens is 330 g/mol. The summed E-state index contributed by atoms with van der Waals surface area (Å²) in [5.74, 6) is -1.54. The van der Waals surface area contributed by atoms with Crippen LogP contribution in [0.3, 0.4) is 0 Å². The minimum Gasteiger partial charge on any atom is -0.481 e. The Labute approximate surface area is 130 Å². The lowest BCUT2D eigenvalue weighted by molar-refractivity contribution is -0.146. The number of allylic oxidation sites excluding steroid dienone is 2. The molecular formula is C13H21NO6S2. The van der Waals surface area contributed by atoms with Gasteiger partial charge in [-0.3, -0.25) is 4.79 Å². The van der Waals surface area contributed by atoms with E-state index in [4.69, 9.17) is 5.73 Å². The lowest BCUT2D eigenvalue weighted by Gasteiger charge is -2.33. The topological polar surface area (TPSA) is 132 Å². The molecule has 0 saturated carbocycles. The minimum atomic E-state index is -3.31. The van der Waals surface area contributed by atoms with Gasteiger partial charge < -0.3 is 10.8 Å². The molecule has 0 heterocycles. The fourth-order valence-electron chi connectivity index (χ4n) is 2.20. The summed E-state index contributed by atoms with van der Waals surface area (Å²) in [6, 6.07) is -0.911. The number of nitrogens with two attached hydrogens (primary N) is 1. The minimum absolute atomic E-state index is 0.0562. The molecule has 0 fully saturated rings. The Balaban J connectivity index is 2.95. The first-order valence-corrected chi connectivity index (χ1v) is 10.7. The summed E-state index contributed by atoms with van der Waals surface area (Å²) < 4.78 is 44.9. The molecule has 1 aliphatic rings. The summed E-state index contributed by atoms with van der Waals surface area (Å²) >= 11 is 0. The molecule has 0 aliphatic heterocycles. The third-order valence-electron chi connectivity index (χ3n) is 3.63. The van der Waals surface area contributed by atoms with Crippen molar-refractivity contribution in [2.24, 2.45) is 11.1 Å². The number of hydrogen-bond donors (Lipinski definition) is 2. The van der Waals surface area contributed by atoms with Crippen LogP contribution in [0.5, 0.6) is 0 Å². The van der Waals surface area contributed by atoms with E-state index < -0.39 is 37.1 Å². The molecule has 9 heteroatoms. The zero-order valence-electron chi connectivity index (χ0n) is 12.5. The lowest BCUT2D eigenvalue weighted by atomic mass is 9.74. The Morgan fingerprint density at radius 3 is 2.18 bits per heavy atom. The van der Waals surface area contributed by atoms with E-state index >= 15 is 0 Å². The highest BCUT2D eigenvalue weighted by atomic mass is 32.2. The summed E-state index contributed by atoms with van der Waals surface area (Å²) in [5, 5.41) is 9.45. The Bertz CT molecular complexity index is 705. The Morgan fingerprint density at radius 2 is 1.77 bits per heavy atom. The summed E-state index contributed by atoms with van der Waals surface area (Å²) in [6.45, 7) is 0. The highest BCUT2D eigenvalue weighted by Gasteiger charge is 2.43. The predicted octanol–water partition coefficient (Wildman–Crippen LogP) is -0.250. The van der Waals surface area contributed by atoms with Crippen LogP contribution in [0, 0.1) is 5.41 Å². The molecule has 0 bridgehead atoms. The number of sulfone groups is 2. The van der Waals surface area contributed by atoms with Crippen LogP contribution in [0.25, 0.3) is 0 Å². The van der Waals surface area contributed by atoms with Gasteiger partial charge >= 0.3 is 5.97 Å². The molecule has 0 amide bonds. The fourth-order valence-corrected chi connectivity index (χ4v) is 3.51. The van der Waals surface area contributed by atoms with Crippen molar-refractivity contribution in [2.45, 2.75) is 18.9 Å². The van der Waals surface area contributed by atoms with Gasteiger partial charge in [-0.25, -0.2) is 16.8 Å². The van der Waals surface area contributed by atoms with Gasteiger partial charge in [0.05, 0.1) is 11.5 Å². The maximum absolute atomic E-state index is 11.6. The molecule has 126 valence electrons. The van der Waals surface area contributed by atoms with E-state index in [1.165, 1.54) is 18.2 Å². The van der Waals surface area contributed by atoms with Crippen LogP contribution >= 0.6 is 0 Å². The van der Waals surface area contributed by atoms with E-state index in [2.05, 4.69) is 0 Å². The van der Waals surface area contributed by atoms with Crippen molar-refractivity contribution in [1.82, 2.24) is 0 Å². The van der Waals surface area contributed by atoms with Gasteiger partial charge in [-0.1, -0.05) is 18.2 Å². The van der Waals surface area contributed by atoms with Gasteiger partial charge in [-0.05, 0) is 18.4 Å². The molecule has 22 heavy (non-hydrogen) atoms. The number of carboxylic acid groups (broad SMARTS) is 1. The van der Waals surface area contributed by atoms with E-state index in [1.807, 2.05) is 0 Å². The summed E-state index contributed by atoms with van der Waals surface area (Å²) in [7, 11) is -6.44. The van der Waals surface area contributed by atoms with E-state index in [1.54, 1.807) is 0 Å². The van der Waals surface area contributed by atoms with Crippen LogP contribution in [0.4, 0.5) is 0 Å². The number of carbonyl (C=O) groups is 1. The van der Waals surface area contributed by atoms with Crippen molar-refractivity contribution in [1.29, 1.82) is 0 Å². The van der Waals surface area contributed by atoms with Crippen molar-refractivity contribution in [3.63, 3.8) is 0 Å². The number of carboxylic acids is 1. The maximum atomic E-state index is 11.6. The van der Waals surface area contributed by atoms with Crippen molar-refractivity contribution in [3.05, 3.63) is 23.8 Å². The molecule has 0 saturated heterocycles. The van der Waals surface area contributed by atoms with Crippen molar-refractivity contribution >= 4 is 25.6 Å². The van der Waals surface area contributed by atoms with Crippen LogP contribution in [0.15, 0.2) is 23.8 Å². The average molecular weight is 351 g/mol. The normalized spacial score (nSPS) is 25.8. The average Bonchev–Trinajstić information content (AvgIpc) is 2.33. The summed E-state index contributed by atoms with van der Waals surface area (Å²) in [4.78, 5) is 11.6. The van der Waals surface area contributed by atoms with Gasteiger partial charge in [-0.15, -0.1) is 0 Å². The lowest BCUT2D eigenvalue weighted by Crippen LogP contribution is -2.47. The molecule has 1 rings (SSSR count). The quantitative estimate of drug-likeness (QED) is 0.646. The Hall–Kier alpha value is -1.19. The third kappa shape index (κ3) is 5.22. The molecule has 0 aromatic rings. The summed E-state index contributed by atoms with van der Waals surface area (Å²) in [6.07, 6.45) is 6.66. The van der Waals surface area contributed by atoms with Crippen molar-refractivity contribution in [3.8, 4) is 0 Å². The maximum Gasteiger partial charge on any atom is 0.315 e. The second-order valence-corrected chi connectivity index (χ2v) is 10.2. The molecule has 0 aromatic carbocycles. The smallest absolute Gasteiger partial charge is 0.315 e. The Kier molecular flexibility index (Phi) is 5.58. The fraction of sp³-hybridized carbons (Fsp3) is 0.615. The van der Waals surface area contributed by atoms with E-state index in [0.29, 0.717) is 5.57 Å². The molecule has 0 radical (unpaired) electrons. The van der Waals surface area contributed by atoms with Gasteiger partial charge in [0, 0.05) is 18.6 Å². The number of hydrogen-bond acceptors (Lipinski definition) is 6. The largest absolute Gasteiger partial charge is 0.481 e. The van der Waals surface area contributed by atoms with Gasteiger partial charge in [-0.2, -0.15) is 0 Å². The standard InChI is InChI=1S/C13H21NO6S2/c1-21(17,18)7-4-10-3-5-13(12(15)16,11(14)9-10)6-8-22(2,19)20/h3,5,9,11H,4,6-8,14H2,1-2H3,(H,15,16). The van der Waals surface area contributed by atoms with E-state index in [9.17, 15) is 26.7 Å². The highest BCUT2D eigenvalue weighted by molar-refractivity contribution is 7.90. The second-order valence-electron chi connectivity index (χ2n) is 5.71. The SMILES string of the molecule is CS(=O)(=O)CCC1=CC(N)C(CCS(C)(=O)=O)(C(=O)O)C=C1. The first kappa shape index (κ1) is 18.9. The Morgan fingerprint density at radius 1 is 1.23 bits per heavy atom. The molecule has 2 atom stereocenters. The van der Waals surface area contributed by atoms with E-state index in [-0.39, 0.29) is 24.3 Å². The van der Waals surface area contributed by atoms with Crippen molar-refractivity contribution in [2.75, 3.05) is 24.0 Å². The van der Waals surface area contributed by atoms with Crippen LogP contribution < -0.4 is 5.73 Å². The summed E-state index contributed by atoms with van der Waals surface area (Å²) in [5.41, 5.74) is 5.07. The van der Waals surface area contributed by atoms with Gasteiger partial charge in [0.1, 0.15) is 25.1 Å². The van der Waals surface area contributed by atoms with Gasteiger partial charge in [0.25, 0.3) is 0 Å². The first-order chi connectivity index (χ1) is 9.86. The van der Waals surface area contributed by atoms with Gasteiger partial charge in [0.2, 0.25) is 0 Å². The van der Waals surface area contributed by atoms with Gasteiger partial charge in [0.15, 0.2) is 0 Å². The van der Waals surface area contributed by atoms with E-state index in [0.717, 1.165) is 12.5 Å². The highest BCUT2D eigenvalue weighted by Crippen LogP contribution is 2.34. The van der Waals surface area contributed by atoms with Crippen LogP contribution in [-0.4, -0.2) is 58.0 Å². The third-order valence-corrected chi connectivity index (χ3v) is 5.52. The zero-order valence-corrected chi connectivity index (χ0v) is 14.2. The van der Waals surface area contributed by atoms with Crippen molar-refractivity contribution < 1.29 is 26.7 Å². The predicted molar refractivity (Wildman–Crippen MR) is 83.9 cm³/mol. The monoisotopic (exact) mass is 351 g/mol. The molecule has 3 N–H and O–H groups in total. The van der Waals surface area contributed by atoms with Crippen LogP contribution in [0.1, 0.15) is 12.8 Å². The second kappa shape index (κ2) is 6.51. The first-order valence-electron chi connectivity index (χ1n) is 6.60. The molecule has 7 nitrogen and oxygen atoms in total. The number of aliphatic carboxylic acids is 1.